The van der Waals surface area contributed by atoms with Gasteiger partial charge >= 0.3 is 0 Å². The number of ketones is 1. The van der Waals surface area contributed by atoms with Gasteiger partial charge in [-0.15, -0.1) is 0 Å². The Kier molecular flexibility index (Phi) is 3.41. The van der Waals surface area contributed by atoms with Gasteiger partial charge in [0.1, 0.15) is 5.78 Å². The molecule has 2 spiro atoms. The molecule has 5 saturated carbocycles. The number of carbonyl (C=O) groups excluding carboxylic acids is 5. The van der Waals surface area contributed by atoms with Crippen LogP contribution in [0.1, 0.15) is 38.5 Å². The molecule has 4 bridgehead atoms. The summed E-state index contributed by atoms with van der Waals surface area (Å²) >= 11 is 0. The second-order valence-corrected chi connectivity index (χ2v) is 11.9. The van der Waals surface area contributed by atoms with Crippen molar-refractivity contribution in [2.24, 2.45) is 58.2 Å². The van der Waals surface area contributed by atoms with Gasteiger partial charge in [-0.3, -0.25) is 28.9 Å². The first-order valence-electron chi connectivity index (χ1n) is 12.1. The molecule has 7 rings (SSSR count). The molecule has 7 fully saturated rings. The average Bonchev–Trinajstić information content (AvgIpc) is 3.57. The summed E-state index contributed by atoms with van der Waals surface area (Å²) in [5, 5.41) is 0. The zero-order valence-corrected chi connectivity index (χ0v) is 18.5. The largest absolute Gasteiger partial charge is 0.338 e. The fourth-order valence-corrected chi connectivity index (χ4v) is 10.1. The van der Waals surface area contributed by atoms with Gasteiger partial charge in [0.2, 0.25) is 30.4 Å². The molecular weight excluding hydrogens is 406 g/mol. The van der Waals surface area contributed by atoms with E-state index in [9.17, 15) is 24.0 Å². The molecular formula is C23H26B2N2O5. The highest BCUT2D eigenvalue weighted by Gasteiger charge is 2.78. The molecule has 4 unspecified atom stereocenters. The van der Waals surface area contributed by atoms with Gasteiger partial charge in [0.05, 0.1) is 31.4 Å². The summed E-state index contributed by atoms with van der Waals surface area (Å²) < 4.78 is 0. The Morgan fingerprint density at radius 3 is 1.75 bits per heavy atom. The summed E-state index contributed by atoms with van der Waals surface area (Å²) in [6.45, 7) is 1.01. The lowest BCUT2D eigenvalue weighted by molar-refractivity contribution is -0.145. The molecule has 0 N–H and O–H groups in total. The van der Waals surface area contributed by atoms with Crippen LogP contribution in [0.2, 0.25) is 6.82 Å². The van der Waals surface area contributed by atoms with Crippen molar-refractivity contribution in [2.45, 2.75) is 45.3 Å². The predicted octanol–water partition coefficient (Wildman–Crippen LogP) is 0.520. The Balaban J connectivity index is 1.24. The topological polar surface area (TPSA) is 91.8 Å². The number of amides is 4. The van der Waals surface area contributed by atoms with E-state index in [1.54, 1.807) is 13.9 Å². The number of hydrogen-bond donors (Lipinski definition) is 0. The average molecular weight is 432 g/mol. The van der Waals surface area contributed by atoms with Crippen molar-refractivity contribution in [3.63, 3.8) is 0 Å². The molecule has 7 aliphatic rings. The predicted molar refractivity (Wildman–Crippen MR) is 112 cm³/mol. The van der Waals surface area contributed by atoms with E-state index in [2.05, 4.69) is 0 Å². The third-order valence-electron chi connectivity index (χ3n) is 11.0. The lowest BCUT2D eigenvalue weighted by atomic mass is 9.43. The molecule has 10 atom stereocenters. The Morgan fingerprint density at radius 1 is 0.781 bits per heavy atom. The van der Waals surface area contributed by atoms with Crippen molar-refractivity contribution in [1.82, 2.24) is 9.71 Å². The van der Waals surface area contributed by atoms with Crippen LogP contribution in [0.3, 0.4) is 0 Å². The van der Waals surface area contributed by atoms with E-state index in [-0.39, 0.29) is 70.8 Å². The Hall–Kier alpha value is -1.92. The van der Waals surface area contributed by atoms with Gasteiger partial charge in [0.15, 0.2) is 0 Å². The van der Waals surface area contributed by atoms with Crippen LogP contribution in [0.25, 0.3) is 0 Å². The lowest BCUT2D eigenvalue weighted by Gasteiger charge is -2.42. The smallest absolute Gasteiger partial charge is 0.233 e. The van der Waals surface area contributed by atoms with E-state index in [1.165, 1.54) is 9.71 Å². The fraction of sp³-hybridized carbons (Fsp3) is 0.783. The number of Topliss-reactive ketones (excluding diaryl/α,β-unsaturated/α-hetero) is 1. The summed E-state index contributed by atoms with van der Waals surface area (Å²) in [4.78, 5) is 68.5. The van der Waals surface area contributed by atoms with Gasteiger partial charge in [0.25, 0.3) is 0 Å². The molecule has 2 saturated heterocycles. The van der Waals surface area contributed by atoms with Gasteiger partial charge in [-0.25, -0.2) is 0 Å². The van der Waals surface area contributed by atoms with Crippen molar-refractivity contribution in [3.8, 4) is 0 Å². The third kappa shape index (κ3) is 1.80. The van der Waals surface area contributed by atoms with Crippen molar-refractivity contribution < 1.29 is 24.0 Å². The molecule has 32 heavy (non-hydrogen) atoms. The van der Waals surface area contributed by atoms with Crippen LogP contribution in [0.4, 0.5) is 0 Å². The van der Waals surface area contributed by atoms with E-state index in [0.29, 0.717) is 12.8 Å². The van der Waals surface area contributed by atoms with E-state index in [4.69, 9.17) is 7.74 Å². The second kappa shape index (κ2) is 5.58. The van der Waals surface area contributed by atoms with Crippen molar-refractivity contribution in [3.05, 3.63) is 0 Å². The monoisotopic (exact) mass is 432 g/mol. The van der Waals surface area contributed by atoms with Crippen LogP contribution in [0.15, 0.2) is 0 Å². The zero-order valence-electron chi connectivity index (χ0n) is 18.5. The normalized spacial score (nSPS) is 52.5. The maximum atomic E-state index is 14.3. The van der Waals surface area contributed by atoms with Crippen LogP contribution in [-0.2, 0) is 24.0 Å². The molecule has 2 aliphatic heterocycles. The van der Waals surface area contributed by atoms with Gasteiger partial charge in [0, 0.05) is 17.9 Å². The summed E-state index contributed by atoms with van der Waals surface area (Å²) in [6, 6.07) is 0. The van der Waals surface area contributed by atoms with Crippen LogP contribution in [0, 0.1) is 58.2 Å². The minimum Gasteiger partial charge on any atom is -0.338 e. The van der Waals surface area contributed by atoms with Crippen LogP contribution in [-0.4, -0.2) is 60.6 Å². The number of rotatable bonds is 1. The van der Waals surface area contributed by atoms with Crippen LogP contribution < -0.4 is 0 Å². The number of fused-ring (bicyclic) bond motifs is 12. The zero-order chi connectivity index (χ0) is 22.5. The molecule has 2 heterocycles. The van der Waals surface area contributed by atoms with E-state index in [1.807, 2.05) is 0 Å². The highest BCUT2D eigenvalue weighted by atomic mass is 16.2. The van der Waals surface area contributed by atoms with Gasteiger partial charge in [-0.2, -0.15) is 0 Å². The molecule has 0 aromatic heterocycles. The number of likely N-dealkylation sites (tertiary alicyclic amines) is 1. The standard InChI is InChI=1S/C23H26B2N2O5/c1-25(24)27-19(30)14-10-6-12(16(14)20(27)31)23(8-10)4-3-22(21(23)32)7-9-5-11(22)15-13(9)17(28)26(2)18(15)29/h9-16H,3-8H2,1-2H3/t9?,10?,11-,12+,13?,14+,15+,16?,22-,23+/m1/s1. The summed E-state index contributed by atoms with van der Waals surface area (Å²) in [5.74, 6) is -1.59. The molecule has 164 valence electrons. The lowest BCUT2D eigenvalue weighted by Crippen LogP contribution is -2.49. The van der Waals surface area contributed by atoms with Crippen LogP contribution in [0.5, 0.6) is 0 Å². The maximum absolute atomic E-state index is 14.3. The van der Waals surface area contributed by atoms with Gasteiger partial charge in [-0.1, -0.05) is 6.82 Å². The maximum Gasteiger partial charge on any atom is 0.233 e. The number of carbonyl (C=O) groups is 5. The molecule has 5 aliphatic carbocycles. The fourth-order valence-electron chi connectivity index (χ4n) is 10.1. The number of nitrogens with zero attached hydrogens (tertiary/aromatic N) is 2. The van der Waals surface area contributed by atoms with E-state index < -0.39 is 23.5 Å². The molecule has 7 nitrogen and oxygen atoms in total. The summed E-state index contributed by atoms with van der Waals surface area (Å²) in [7, 11) is 7.51. The Bertz CT molecular complexity index is 1050. The highest BCUT2D eigenvalue weighted by molar-refractivity contribution is 7.03. The molecule has 9 heteroatoms. The summed E-state index contributed by atoms with van der Waals surface area (Å²) in [6.07, 6.45) is 4.44. The highest BCUT2D eigenvalue weighted by Crippen LogP contribution is 2.75. The van der Waals surface area contributed by atoms with Crippen molar-refractivity contribution >= 4 is 43.9 Å². The first kappa shape index (κ1) is 19.5. The van der Waals surface area contributed by atoms with Gasteiger partial charge < -0.3 is 4.81 Å². The first-order valence-corrected chi connectivity index (χ1v) is 12.1. The molecule has 2 radical (unpaired) electrons. The van der Waals surface area contributed by atoms with E-state index >= 15 is 0 Å². The molecule has 0 aromatic carbocycles. The number of imide groups is 2. The van der Waals surface area contributed by atoms with E-state index in [0.717, 1.165) is 25.7 Å². The van der Waals surface area contributed by atoms with Crippen molar-refractivity contribution in [2.75, 3.05) is 7.05 Å². The first-order chi connectivity index (χ1) is 15.1. The SMILES string of the molecule is [B]B(C)N1C(=O)C2[C@@H](C1=O)C1C[C@@H]2[C@]2(CC[C@]3(CC4C[C@@H]3[C@@H]3C(=O)N(C)C(=O)C43)C2=O)C1. The van der Waals surface area contributed by atoms with Gasteiger partial charge in [-0.05, 0) is 62.2 Å². The quantitative estimate of drug-likeness (QED) is 0.445. The van der Waals surface area contributed by atoms with Crippen molar-refractivity contribution in [1.29, 1.82) is 0 Å². The van der Waals surface area contributed by atoms with Crippen LogP contribution >= 0.6 is 0 Å². The second-order valence-electron chi connectivity index (χ2n) is 11.9. The Labute approximate surface area is 188 Å². The Morgan fingerprint density at radius 2 is 1.22 bits per heavy atom. The summed E-state index contributed by atoms with van der Waals surface area (Å²) in [5.41, 5.74) is -1.08. The number of hydrogen-bond acceptors (Lipinski definition) is 5. The molecule has 4 amide bonds. The molecule has 0 aromatic rings. The minimum atomic E-state index is -0.646. The third-order valence-corrected chi connectivity index (χ3v) is 11.0. The minimum absolute atomic E-state index is 0.0535.